The molecule has 10 heteroatoms. The Balaban J connectivity index is 1.76. The molecule has 0 aliphatic carbocycles. The van der Waals surface area contributed by atoms with Crippen LogP contribution in [-0.2, 0) is 13.5 Å². The van der Waals surface area contributed by atoms with Crippen LogP contribution in [0.1, 0.15) is 38.9 Å². The molecule has 8 nitrogen and oxygen atoms in total. The van der Waals surface area contributed by atoms with Crippen LogP contribution in [-0.4, -0.2) is 55.4 Å². The Labute approximate surface area is 174 Å². The van der Waals surface area contributed by atoms with E-state index in [-0.39, 0.29) is 10.7 Å². The SMILES string of the molecule is CC(C)(C)[Si](C)(C)OCCC(OP(=O)(N1CC1)N1CC1)c1ccc([N+](=O)[O-])cc1. The van der Waals surface area contributed by atoms with Gasteiger partial charge in [0.15, 0.2) is 8.32 Å². The second-order valence-corrected chi connectivity index (χ2v) is 16.4. The van der Waals surface area contributed by atoms with Crippen LogP contribution >= 0.6 is 7.67 Å². The van der Waals surface area contributed by atoms with E-state index >= 15 is 0 Å². The molecule has 0 spiro atoms. The molecule has 0 bridgehead atoms. The van der Waals surface area contributed by atoms with Gasteiger partial charge < -0.3 is 4.43 Å². The maximum absolute atomic E-state index is 13.5. The van der Waals surface area contributed by atoms with E-state index in [4.69, 9.17) is 8.95 Å². The predicted octanol–water partition coefficient (Wildman–Crippen LogP) is 4.80. The summed E-state index contributed by atoms with van der Waals surface area (Å²) in [5.41, 5.74) is 0.823. The molecule has 1 aromatic carbocycles. The van der Waals surface area contributed by atoms with Crippen molar-refractivity contribution in [2.45, 2.75) is 51.4 Å². The molecule has 0 amide bonds. The van der Waals surface area contributed by atoms with Crippen molar-refractivity contribution in [1.82, 2.24) is 9.34 Å². The van der Waals surface area contributed by atoms with Crippen LogP contribution in [0.4, 0.5) is 5.69 Å². The summed E-state index contributed by atoms with van der Waals surface area (Å²) in [6.45, 7) is 14.6. The van der Waals surface area contributed by atoms with Crippen molar-refractivity contribution in [3.8, 4) is 0 Å². The first-order chi connectivity index (χ1) is 13.4. The van der Waals surface area contributed by atoms with Gasteiger partial charge in [0, 0.05) is 51.3 Å². The number of rotatable bonds is 10. The fourth-order valence-electron chi connectivity index (χ4n) is 2.80. The molecule has 0 N–H and O–H groups in total. The summed E-state index contributed by atoms with van der Waals surface area (Å²) in [5.74, 6) is 0. The van der Waals surface area contributed by atoms with E-state index in [0.29, 0.717) is 13.0 Å². The summed E-state index contributed by atoms with van der Waals surface area (Å²) in [4.78, 5) is 10.6. The molecule has 0 radical (unpaired) electrons. The van der Waals surface area contributed by atoms with Crippen LogP contribution in [0.2, 0.25) is 18.1 Å². The Bertz CT molecular complexity index is 772. The first-order valence-electron chi connectivity index (χ1n) is 10.1. The minimum absolute atomic E-state index is 0.0325. The first-order valence-corrected chi connectivity index (χ1v) is 14.6. The van der Waals surface area contributed by atoms with E-state index in [1.807, 2.05) is 9.34 Å². The molecular weight excluding hydrogens is 409 g/mol. The Kier molecular flexibility index (Phi) is 6.39. The third-order valence-corrected chi connectivity index (χ3v) is 13.2. The fraction of sp³-hybridized carbons (Fsp3) is 0.684. The molecule has 1 aromatic rings. The maximum atomic E-state index is 13.5. The van der Waals surface area contributed by atoms with Crippen LogP contribution in [0.3, 0.4) is 0 Å². The molecule has 0 saturated carbocycles. The van der Waals surface area contributed by atoms with Crippen molar-refractivity contribution >= 4 is 21.7 Å². The Morgan fingerprint density at radius 1 is 1.14 bits per heavy atom. The van der Waals surface area contributed by atoms with Crippen LogP contribution in [0.5, 0.6) is 0 Å². The van der Waals surface area contributed by atoms with Crippen molar-refractivity contribution in [3.05, 3.63) is 39.9 Å². The monoisotopic (exact) mass is 441 g/mol. The topological polar surface area (TPSA) is 84.7 Å². The third kappa shape index (κ3) is 5.34. The summed E-state index contributed by atoms with van der Waals surface area (Å²) in [5, 5.41) is 11.1. The van der Waals surface area contributed by atoms with Gasteiger partial charge in [0.1, 0.15) is 0 Å². The van der Waals surface area contributed by atoms with Gasteiger partial charge in [-0.2, -0.15) is 0 Å². The van der Waals surface area contributed by atoms with Crippen LogP contribution in [0.15, 0.2) is 24.3 Å². The van der Waals surface area contributed by atoms with E-state index < -0.39 is 27.0 Å². The maximum Gasteiger partial charge on any atom is 0.346 e. The highest BCUT2D eigenvalue weighted by molar-refractivity contribution is 7.54. The molecule has 2 saturated heterocycles. The van der Waals surface area contributed by atoms with Gasteiger partial charge in [-0.15, -0.1) is 0 Å². The molecule has 162 valence electrons. The molecule has 0 aromatic heterocycles. The number of nitro groups is 1. The number of hydrogen-bond donors (Lipinski definition) is 0. The summed E-state index contributed by atoms with van der Waals surface area (Å²) in [6, 6.07) is 6.34. The van der Waals surface area contributed by atoms with E-state index in [1.54, 1.807) is 12.1 Å². The lowest BCUT2D eigenvalue weighted by atomic mass is 10.1. The molecule has 2 aliphatic rings. The fourth-order valence-corrected chi connectivity index (χ4v) is 6.24. The molecular formula is C19H32N3O5PSi. The number of nitrogens with zero attached hydrogens (tertiary/aromatic N) is 3. The molecule has 2 heterocycles. The van der Waals surface area contributed by atoms with Gasteiger partial charge in [-0.1, -0.05) is 20.8 Å². The average molecular weight is 442 g/mol. The number of benzene rings is 1. The van der Waals surface area contributed by atoms with Crippen molar-refractivity contribution in [1.29, 1.82) is 0 Å². The van der Waals surface area contributed by atoms with Crippen molar-refractivity contribution in [3.63, 3.8) is 0 Å². The highest BCUT2D eigenvalue weighted by atomic mass is 31.2. The van der Waals surface area contributed by atoms with Gasteiger partial charge in [-0.05, 0) is 35.8 Å². The third-order valence-electron chi connectivity index (χ3n) is 5.95. The zero-order valence-corrected chi connectivity index (χ0v) is 19.9. The van der Waals surface area contributed by atoms with Crippen molar-refractivity contribution in [2.75, 3.05) is 32.8 Å². The highest BCUT2D eigenvalue weighted by Gasteiger charge is 2.50. The largest absolute Gasteiger partial charge is 0.417 e. The first kappa shape index (κ1) is 22.6. The quantitative estimate of drug-likeness (QED) is 0.169. The Morgan fingerprint density at radius 2 is 1.66 bits per heavy atom. The van der Waals surface area contributed by atoms with Gasteiger partial charge in [-0.25, -0.2) is 9.34 Å². The van der Waals surface area contributed by atoms with Crippen LogP contribution < -0.4 is 0 Å². The molecule has 1 unspecified atom stereocenters. The lowest BCUT2D eigenvalue weighted by Gasteiger charge is -2.36. The van der Waals surface area contributed by atoms with Crippen LogP contribution in [0, 0.1) is 10.1 Å². The summed E-state index contributed by atoms with van der Waals surface area (Å²) < 4.78 is 29.8. The smallest absolute Gasteiger partial charge is 0.346 e. The highest BCUT2D eigenvalue weighted by Crippen LogP contribution is 2.63. The van der Waals surface area contributed by atoms with E-state index in [2.05, 4.69) is 33.9 Å². The number of non-ortho nitro benzene ring substituents is 1. The molecule has 29 heavy (non-hydrogen) atoms. The number of nitro benzene ring substituents is 1. The Hall–Kier alpha value is -1.09. The molecule has 1 atom stereocenters. The summed E-state index contributed by atoms with van der Waals surface area (Å²) in [6.07, 6.45) is 0.114. The lowest BCUT2D eigenvalue weighted by Crippen LogP contribution is -2.41. The summed E-state index contributed by atoms with van der Waals surface area (Å²) >= 11 is 0. The van der Waals surface area contributed by atoms with Gasteiger partial charge in [-0.3, -0.25) is 19.2 Å². The van der Waals surface area contributed by atoms with Crippen molar-refractivity contribution < 1.29 is 18.4 Å². The van der Waals surface area contributed by atoms with E-state index in [1.165, 1.54) is 12.1 Å². The zero-order valence-electron chi connectivity index (χ0n) is 18.0. The standard InChI is InChI=1S/C19H32N3O5PSi/c1-19(2,3)29(4,5)26-15-10-18(16-6-8-17(9-7-16)22(23)24)27-28(25,20-11-12-20)21-13-14-21/h6-9,18H,10-15H2,1-5H3. The minimum Gasteiger partial charge on any atom is -0.417 e. The Morgan fingerprint density at radius 3 is 2.07 bits per heavy atom. The summed E-state index contributed by atoms with van der Waals surface area (Å²) in [7, 11) is -4.93. The lowest BCUT2D eigenvalue weighted by molar-refractivity contribution is -0.384. The van der Waals surface area contributed by atoms with Gasteiger partial charge >= 0.3 is 7.67 Å². The van der Waals surface area contributed by atoms with Crippen molar-refractivity contribution in [2.24, 2.45) is 0 Å². The van der Waals surface area contributed by atoms with E-state index in [0.717, 1.165) is 31.7 Å². The predicted molar refractivity (Wildman–Crippen MR) is 115 cm³/mol. The van der Waals surface area contributed by atoms with Gasteiger partial charge in [0.25, 0.3) is 5.69 Å². The zero-order chi connectivity index (χ0) is 21.4. The molecule has 3 rings (SSSR count). The van der Waals surface area contributed by atoms with E-state index in [9.17, 15) is 14.7 Å². The average Bonchev–Trinajstić information content (AvgIpc) is 3.51. The minimum atomic E-state index is -3.02. The number of hydrogen-bond acceptors (Lipinski definition) is 5. The van der Waals surface area contributed by atoms with Gasteiger partial charge in [0.2, 0.25) is 0 Å². The second kappa shape index (κ2) is 8.21. The van der Waals surface area contributed by atoms with Crippen LogP contribution in [0.25, 0.3) is 0 Å². The van der Waals surface area contributed by atoms with Gasteiger partial charge in [0.05, 0.1) is 11.0 Å². The molecule has 2 aliphatic heterocycles. The second-order valence-electron chi connectivity index (χ2n) is 9.24. The normalized spacial score (nSPS) is 19.2. The molecule has 2 fully saturated rings.